The largest absolute Gasteiger partial charge is 0.301 e. The zero-order chi connectivity index (χ0) is 20.1. The van der Waals surface area contributed by atoms with Gasteiger partial charge in [0.05, 0.1) is 0 Å². The highest BCUT2D eigenvalue weighted by molar-refractivity contribution is 7.90. The number of thiazole rings is 1. The van der Waals surface area contributed by atoms with Crippen LogP contribution in [0.1, 0.15) is 43.0 Å². The Labute approximate surface area is 168 Å². The normalized spacial score (nSPS) is 20.1. The van der Waals surface area contributed by atoms with E-state index in [1.54, 1.807) is 24.4 Å². The molecule has 28 heavy (non-hydrogen) atoms. The molecule has 1 fully saturated rings. The second-order valence-corrected chi connectivity index (χ2v) is 10.2. The van der Waals surface area contributed by atoms with Crippen LogP contribution in [0, 0.1) is 11.7 Å². The van der Waals surface area contributed by atoms with E-state index in [0.29, 0.717) is 23.0 Å². The van der Waals surface area contributed by atoms with Gasteiger partial charge in [-0.3, -0.25) is 4.79 Å². The average Bonchev–Trinajstić information content (AvgIpc) is 3.05. The van der Waals surface area contributed by atoms with Gasteiger partial charge in [-0.1, -0.05) is 25.1 Å². The van der Waals surface area contributed by atoms with E-state index in [2.05, 4.69) is 21.9 Å². The molecule has 1 amide bonds. The molecule has 3 rings (SSSR count). The first-order chi connectivity index (χ1) is 13.3. The van der Waals surface area contributed by atoms with Gasteiger partial charge < -0.3 is 5.32 Å². The number of rotatable bonds is 7. The second-order valence-electron chi connectivity index (χ2n) is 7.28. The number of carbonyl (C=O) groups excluding carboxylic acids is 1. The van der Waals surface area contributed by atoms with Crippen molar-refractivity contribution in [2.75, 3.05) is 11.1 Å². The van der Waals surface area contributed by atoms with Gasteiger partial charge in [0.25, 0.3) is 0 Å². The van der Waals surface area contributed by atoms with Crippen LogP contribution in [-0.2, 0) is 21.2 Å². The SMILES string of the molecule is CC1CCC(NS(=O)(=O)CC(=O)Nc2ncc(Cc3ccccc3F)s2)CC1. The monoisotopic (exact) mass is 425 g/mol. The van der Waals surface area contributed by atoms with E-state index in [1.807, 2.05) is 0 Å². The van der Waals surface area contributed by atoms with E-state index < -0.39 is 21.7 Å². The fourth-order valence-corrected chi connectivity index (χ4v) is 5.37. The molecule has 1 saturated carbocycles. The van der Waals surface area contributed by atoms with Crippen molar-refractivity contribution in [3.63, 3.8) is 0 Å². The molecule has 1 aromatic carbocycles. The zero-order valence-corrected chi connectivity index (χ0v) is 17.3. The number of halogens is 1. The molecule has 2 N–H and O–H groups in total. The molecule has 0 saturated heterocycles. The van der Waals surface area contributed by atoms with Crippen molar-refractivity contribution in [1.29, 1.82) is 0 Å². The first kappa shape index (κ1) is 20.9. The number of sulfonamides is 1. The summed E-state index contributed by atoms with van der Waals surface area (Å²) >= 11 is 1.20. The number of amides is 1. The fraction of sp³-hybridized carbons (Fsp3) is 0.474. The summed E-state index contributed by atoms with van der Waals surface area (Å²) in [5.74, 6) is -0.951. The van der Waals surface area contributed by atoms with Crippen molar-refractivity contribution < 1.29 is 17.6 Å². The van der Waals surface area contributed by atoms with E-state index in [9.17, 15) is 17.6 Å². The van der Waals surface area contributed by atoms with Gasteiger partial charge in [0, 0.05) is 23.5 Å². The predicted octanol–water partition coefficient (Wildman–Crippen LogP) is 3.31. The van der Waals surface area contributed by atoms with Crippen LogP contribution in [0.2, 0.25) is 0 Å². The van der Waals surface area contributed by atoms with E-state index in [0.717, 1.165) is 30.6 Å². The summed E-state index contributed by atoms with van der Waals surface area (Å²) in [5.41, 5.74) is 0.539. The molecule has 0 bridgehead atoms. The minimum Gasteiger partial charge on any atom is -0.301 e. The third-order valence-electron chi connectivity index (χ3n) is 4.81. The van der Waals surface area contributed by atoms with Crippen molar-refractivity contribution in [3.05, 3.63) is 46.7 Å². The number of carbonyl (C=O) groups is 1. The summed E-state index contributed by atoms with van der Waals surface area (Å²) in [6, 6.07) is 6.37. The van der Waals surface area contributed by atoms with Crippen LogP contribution in [-0.4, -0.2) is 31.1 Å². The molecule has 0 spiro atoms. The average molecular weight is 426 g/mol. The third-order valence-corrected chi connectivity index (χ3v) is 7.05. The van der Waals surface area contributed by atoms with E-state index >= 15 is 0 Å². The number of aromatic nitrogens is 1. The maximum absolute atomic E-state index is 13.7. The summed E-state index contributed by atoms with van der Waals surface area (Å²) in [6.07, 6.45) is 5.50. The Morgan fingerprint density at radius 2 is 1.96 bits per heavy atom. The standard InChI is InChI=1S/C19H24FN3O3S2/c1-13-6-8-15(9-7-13)23-28(25,26)12-18(24)22-19-21-11-16(27-19)10-14-4-2-3-5-17(14)20/h2-5,11,13,15,23H,6-10,12H2,1H3,(H,21,22,24). The summed E-state index contributed by atoms with van der Waals surface area (Å²) in [7, 11) is -3.70. The first-order valence-electron chi connectivity index (χ1n) is 9.28. The van der Waals surface area contributed by atoms with Crippen LogP contribution >= 0.6 is 11.3 Å². The molecule has 2 aromatic rings. The maximum Gasteiger partial charge on any atom is 0.242 e. The Bertz CT molecular complexity index is 922. The molecule has 1 aliphatic carbocycles. The lowest BCUT2D eigenvalue weighted by Crippen LogP contribution is -2.41. The topological polar surface area (TPSA) is 88.2 Å². The van der Waals surface area contributed by atoms with Gasteiger partial charge >= 0.3 is 0 Å². The summed E-state index contributed by atoms with van der Waals surface area (Å²) < 4.78 is 40.8. The minimum absolute atomic E-state index is 0.0961. The van der Waals surface area contributed by atoms with Crippen molar-refractivity contribution in [2.24, 2.45) is 5.92 Å². The van der Waals surface area contributed by atoms with Crippen molar-refractivity contribution in [1.82, 2.24) is 9.71 Å². The van der Waals surface area contributed by atoms with Crippen molar-refractivity contribution in [3.8, 4) is 0 Å². The lowest BCUT2D eigenvalue weighted by Gasteiger charge is -2.26. The minimum atomic E-state index is -3.70. The number of benzene rings is 1. The van der Waals surface area contributed by atoms with Crippen LogP contribution in [0.15, 0.2) is 30.5 Å². The highest BCUT2D eigenvalue weighted by atomic mass is 32.2. The van der Waals surface area contributed by atoms with Gasteiger partial charge in [-0.25, -0.2) is 22.5 Å². The zero-order valence-electron chi connectivity index (χ0n) is 15.7. The highest BCUT2D eigenvalue weighted by Crippen LogP contribution is 2.24. The lowest BCUT2D eigenvalue weighted by atomic mass is 9.88. The number of nitrogens with zero attached hydrogens (tertiary/aromatic N) is 1. The van der Waals surface area contributed by atoms with Crippen molar-refractivity contribution >= 4 is 32.4 Å². The van der Waals surface area contributed by atoms with Gasteiger partial charge in [0.15, 0.2) is 5.13 Å². The third kappa shape index (κ3) is 6.08. The van der Waals surface area contributed by atoms with Gasteiger partial charge in [-0.15, -0.1) is 11.3 Å². The second kappa shape index (κ2) is 9.11. The van der Waals surface area contributed by atoms with E-state index in [-0.39, 0.29) is 11.9 Å². The molecular formula is C19H24FN3O3S2. The van der Waals surface area contributed by atoms with Crippen LogP contribution in [0.3, 0.4) is 0 Å². The molecule has 152 valence electrons. The molecular weight excluding hydrogens is 401 g/mol. The lowest BCUT2D eigenvalue weighted by molar-refractivity contribution is -0.113. The van der Waals surface area contributed by atoms with Gasteiger partial charge in [-0.2, -0.15) is 0 Å². The molecule has 1 aromatic heterocycles. The molecule has 0 radical (unpaired) electrons. The van der Waals surface area contributed by atoms with Crippen molar-refractivity contribution in [2.45, 2.75) is 45.1 Å². The molecule has 1 heterocycles. The maximum atomic E-state index is 13.7. The Kier molecular flexibility index (Phi) is 6.79. The Morgan fingerprint density at radius 3 is 2.68 bits per heavy atom. The van der Waals surface area contributed by atoms with Crippen LogP contribution < -0.4 is 10.0 Å². The van der Waals surface area contributed by atoms with Gasteiger partial charge in [-0.05, 0) is 43.2 Å². The molecule has 0 atom stereocenters. The van der Waals surface area contributed by atoms with Gasteiger partial charge in [0.1, 0.15) is 11.6 Å². The van der Waals surface area contributed by atoms with E-state index in [1.165, 1.54) is 17.4 Å². The highest BCUT2D eigenvalue weighted by Gasteiger charge is 2.25. The molecule has 1 aliphatic rings. The summed E-state index contributed by atoms with van der Waals surface area (Å²) in [4.78, 5) is 17.0. The number of nitrogens with one attached hydrogen (secondary N) is 2. The summed E-state index contributed by atoms with van der Waals surface area (Å²) in [6.45, 7) is 2.16. The Balaban J connectivity index is 1.52. The molecule has 0 unspecified atom stereocenters. The van der Waals surface area contributed by atoms with Crippen LogP contribution in [0.5, 0.6) is 0 Å². The fourth-order valence-electron chi connectivity index (χ4n) is 3.28. The summed E-state index contributed by atoms with van der Waals surface area (Å²) in [5, 5.41) is 2.82. The first-order valence-corrected chi connectivity index (χ1v) is 11.8. The smallest absolute Gasteiger partial charge is 0.242 e. The number of hydrogen-bond acceptors (Lipinski definition) is 5. The quantitative estimate of drug-likeness (QED) is 0.712. The molecule has 9 heteroatoms. The van der Waals surface area contributed by atoms with E-state index in [4.69, 9.17) is 0 Å². The van der Waals surface area contributed by atoms with Crippen LogP contribution in [0.4, 0.5) is 9.52 Å². The Morgan fingerprint density at radius 1 is 1.25 bits per heavy atom. The number of anilines is 1. The molecule has 6 nitrogen and oxygen atoms in total. The predicted molar refractivity (Wildman–Crippen MR) is 108 cm³/mol. The number of hydrogen-bond donors (Lipinski definition) is 2. The molecule has 0 aliphatic heterocycles. The van der Waals surface area contributed by atoms with Crippen LogP contribution in [0.25, 0.3) is 0 Å². The van der Waals surface area contributed by atoms with Gasteiger partial charge in [0.2, 0.25) is 15.9 Å². The Hall–Kier alpha value is -1.84.